The normalized spacial score (nSPS) is 11.1. The second kappa shape index (κ2) is 4.52. The minimum Gasteiger partial charge on any atom is -0.477 e. The summed E-state index contributed by atoms with van der Waals surface area (Å²) in [6.07, 6.45) is 4.70. The van der Waals surface area contributed by atoms with Gasteiger partial charge in [-0.2, -0.15) is 5.10 Å². The Morgan fingerprint density at radius 1 is 1.18 bits per heavy atom. The Kier molecular flexibility index (Phi) is 2.52. The lowest BCUT2D eigenvalue weighted by atomic mass is 10.3. The minimum atomic E-state index is -1.05. The van der Waals surface area contributed by atoms with E-state index in [-0.39, 0.29) is 5.69 Å². The van der Waals surface area contributed by atoms with E-state index in [0.717, 1.165) is 10.9 Å². The van der Waals surface area contributed by atoms with Crippen molar-refractivity contribution in [3.8, 4) is 0 Å². The number of nitrogens with zero attached hydrogens (tertiary/aromatic N) is 4. The Hall–Kier alpha value is -3.49. The first-order valence-corrected chi connectivity index (χ1v) is 6.34. The summed E-state index contributed by atoms with van der Waals surface area (Å²) in [4.78, 5) is 26.2. The third-order valence-electron chi connectivity index (χ3n) is 3.23. The van der Waals surface area contributed by atoms with Crippen LogP contribution in [0.2, 0.25) is 0 Å². The van der Waals surface area contributed by atoms with Crippen LogP contribution in [0.3, 0.4) is 0 Å². The van der Waals surface area contributed by atoms with Crippen molar-refractivity contribution in [3.05, 3.63) is 36.5 Å². The molecule has 0 aliphatic carbocycles. The number of carbonyl (C=O) groups is 1. The van der Waals surface area contributed by atoms with Crippen molar-refractivity contribution in [1.82, 2.24) is 30.1 Å². The van der Waals surface area contributed by atoms with Crippen LogP contribution in [0.4, 0.5) is 11.6 Å². The first kappa shape index (κ1) is 12.3. The number of nitrogens with one attached hydrogen (secondary N) is 3. The Morgan fingerprint density at radius 2 is 2.09 bits per heavy atom. The molecule has 22 heavy (non-hydrogen) atoms. The summed E-state index contributed by atoms with van der Waals surface area (Å²) in [6, 6.07) is 3.30. The largest absolute Gasteiger partial charge is 0.477 e. The number of hydrogen-bond donors (Lipinski definition) is 4. The smallest absolute Gasteiger partial charge is 0.352 e. The van der Waals surface area contributed by atoms with Crippen LogP contribution in [0, 0.1) is 0 Å². The third-order valence-corrected chi connectivity index (χ3v) is 3.23. The Balaban J connectivity index is 1.78. The molecular formula is C13H9N7O2. The lowest BCUT2D eigenvalue weighted by Gasteiger charge is -2.05. The Labute approximate surface area is 122 Å². The summed E-state index contributed by atoms with van der Waals surface area (Å²) < 4.78 is 0. The zero-order chi connectivity index (χ0) is 15.1. The number of hydrogen-bond acceptors (Lipinski definition) is 6. The Bertz CT molecular complexity index is 1000. The zero-order valence-electron chi connectivity index (χ0n) is 11.0. The minimum absolute atomic E-state index is 0.0526. The number of carboxylic acid groups (broad SMARTS) is 1. The number of H-pyrrole nitrogens is 2. The zero-order valence-corrected chi connectivity index (χ0v) is 11.0. The van der Waals surface area contributed by atoms with Gasteiger partial charge in [-0.05, 0) is 12.1 Å². The lowest BCUT2D eigenvalue weighted by molar-refractivity contribution is 0.0691. The number of rotatable bonds is 3. The first-order chi connectivity index (χ1) is 10.7. The van der Waals surface area contributed by atoms with E-state index in [9.17, 15) is 4.79 Å². The van der Waals surface area contributed by atoms with Gasteiger partial charge in [0.15, 0.2) is 0 Å². The molecule has 0 saturated carbocycles. The van der Waals surface area contributed by atoms with Crippen molar-refractivity contribution in [3.63, 3.8) is 0 Å². The number of pyridine rings is 1. The van der Waals surface area contributed by atoms with Crippen LogP contribution >= 0.6 is 0 Å². The van der Waals surface area contributed by atoms with Gasteiger partial charge in [-0.25, -0.2) is 19.7 Å². The molecule has 0 fully saturated rings. The molecule has 4 rings (SSSR count). The summed E-state index contributed by atoms with van der Waals surface area (Å²) in [5.41, 5.74) is 1.32. The lowest BCUT2D eigenvalue weighted by Crippen LogP contribution is -1.96. The van der Waals surface area contributed by atoms with Crippen molar-refractivity contribution in [2.45, 2.75) is 0 Å². The van der Waals surface area contributed by atoms with E-state index < -0.39 is 5.97 Å². The highest BCUT2D eigenvalue weighted by Gasteiger charge is 2.12. The fourth-order valence-electron chi connectivity index (χ4n) is 2.19. The molecule has 4 aromatic heterocycles. The van der Waals surface area contributed by atoms with Gasteiger partial charge in [0.1, 0.15) is 29.3 Å². The molecule has 0 amide bonds. The highest BCUT2D eigenvalue weighted by atomic mass is 16.4. The first-order valence-electron chi connectivity index (χ1n) is 6.34. The average Bonchev–Trinajstić information content (AvgIpc) is 3.13. The predicted octanol–water partition coefficient (Wildman–Crippen LogP) is 1.67. The summed E-state index contributed by atoms with van der Waals surface area (Å²) in [6.45, 7) is 0. The van der Waals surface area contributed by atoms with E-state index in [4.69, 9.17) is 5.11 Å². The molecule has 9 heteroatoms. The van der Waals surface area contributed by atoms with Crippen LogP contribution in [0.1, 0.15) is 10.5 Å². The summed E-state index contributed by atoms with van der Waals surface area (Å²) >= 11 is 0. The number of aromatic amines is 2. The van der Waals surface area contributed by atoms with E-state index in [1.165, 1.54) is 12.4 Å². The highest BCUT2D eigenvalue weighted by Crippen LogP contribution is 2.24. The molecule has 0 bridgehead atoms. The van der Waals surface area contributed by atoms with Crippen molar-refractivity contribution in [2.75, 3.05) is 5.32 Å². The van der Waals surface area contributed by atoms with Crippen LogP contribution in [0.25, 0.3) is 21.9 Å². The van der Waals surface area contributed by atoms with Gasteiger partial charge in [0.25, 0.3) is 0 Å². The summed E-state index contributed by atoms with van der Waals surface area (Å²) in [7, 11) is 0. The van der Waals surface area contributed by atoms with E-state index >= 15 is 0 Å². The van der Waals surface area contributed by atoms with Gasteiger partial charge >= 0.3 is 5.97 Å². The van der Waals surface area contributed by atoms with Crippen molar-refractivity contribution >= 4 is 39.5 Å². The molecule has 0 saturated heterocycles. The molecule has 0 aliphatic heterocycles. The van der Waals surface area contributed by atoms with Crippen LogP contribution in [0.5, 0.6) is 0 Å². The quantitative estimate of drug-likeness (QED) is 0.452. The molecule has 9 nitrogen and oxygen atoms in total. The maximum atomic E-state index is 11.0. The molecule has 0 spiro atoms. The predicted molar refractivity (Wildman–Crippen MR) is 78.0 cm³/mol. The SMILES string of the molecule is O=C(O)c1cc2c(Nc3cc4cn[nH]c4cn3)ncnc2[nH]1. The molecule has 0 radical (unpaired) electrons. The number of aromatic carboxylic acids is 1. The van der Waals surface area contributed by atoms with E-state index in [1.807, 2.05) is 6.07 Å². The van der Waals surface area contributed by atoms with Gasteiger partial charge in [0.05, 0.1) is 23.3 Å². The molecule has 0 atom stereocenters. The molecule has 4 heterocycles. The van der Waals surface area contributed by atoms with Crippen LogP contribution < -0.4 is 5.32 Å². The molecule has 0 unspecified atom stereocenters. The number of carboxylic acids is 1. The van der Waals surface area contributed by atoms with Crippen LogP contribution in [-0.2, 0) is 0 Å². The second-order valence-electron chi connectivity index (χ2n) is 4.62. The Morgan fingerprint density at radius 3 is 2.95 bits per heavy atom. The van der Waals surface area contributed by atoms with Crippen molar-refractivity contribution < 1.29 is 9.90 Å². The molecule has 4 N–H and O–H groups in total. The number of aromatic nitrogens is 6. The summed E-state index contributed by atoms with van der Waals surface area (Å²) in [5, 5.41) is 20.3. The van der Waals surface area contributed by atoms with Crippen LogP contribution in [-0.4, -0.2) is 41.2 Å². The molecule has 4 aromatic rings. The number of anilines is 2. The highest BCUT2D eigenvalue weighted by molar-refractivity contribution is 5.97. The van der Waals surface area contributed by atoms with E-state index in [1.54, 1.807) is 12.4 Å². The van der Waals surface area contributed by atoms with Crippen molar-refractivity contribution in [2.24, 2.45) is 0 Å². The van der Waals surface area contributed by atoms with Gasteiger partial charge in [-0.1, -0.05) is 0 Å². The van der Waals surface area contributed by atoms with Crippen molar-refractivity contribution in [1.29, 1.82) is 0 Å². The van der Waals surface area contributed by atoms with E-state index in [2.05, 4.69) is 35.5 Å². The monoisotopic (exact) mass is 295 g/mol. The third kappa shape index (κ3) is 1.92. The average molecular weight is 295 g/mol. The second-order valence-corrected chi connectivity index (χ2v) is 4.62. The van der Waals surface area contributed by atoms with E-state index in [0.29, 0.717) is 22.7 Å². The molecule has 0 aromatic carbocycles. The topological polar surface area (TPSA) is 132 Å². The molecule has 108 valence electrons. The van der Waals surface area contributed by atoms with Gasteiger partial charge in [0.2, 0.25) is 0 Å². The molecular weight excluding hydrogens is 286 g/mol. The van der Waals surface area contributed by atoms with Gasteiger partial charge in [-0.3, -0.25) is 5.10 Å². The summed E-state index contributed by atoms with van der Waals surface area (Å²) in [5.74, 6) is -0.00189. The maximum absolute atomic E-state index is 11.0. The van der Waals surface area contributed by atoms with Gasteiger partial charge in [0, 0.05) is 5.39 Å². The standard InChI is InChI=1S/C13H9N7O2/c21-13(22)8-2-7-11(18-8)15-5-16-12(7)19-10-1-6-3-17-20-9(6)4-14-10/h1-5H,(H,17,20)(H,21,22)(H2,14,15,16,18,19). The fourth-order valence-corrected chi connectivity index (χ4v) is 2.19. The maximum Gasteiger partial charge on any atom is 0.352 e. The van der Waals surface area contributed by atoms with Crippen LogP contribution in [0.15, 0.2) is 30.9 Å². The fraction of sp³-hybridized carbons (Fsp3) is 0. The molecule has 0 aliphatic rings. The number of fused-ring (bicyclic) bond motifs is 2. The van der Waals surface area contributed by atoms with Gasteiger partial charge < -0.3 is 15.4 Å². The van der Waals surface area contributed by atoms with Gasteiger partial charge in [-0.15, -0.1) is 0 Å².